The van der Waals surface area contributed by atoms with Gasteiger partial charge in [-0.15, -0.1) is 0 Å². The molecule has 2 aliphatic rings. The molecule has 3 rings (SSSR count). The fraction of sp³-hybridized carbons (Fsp3) is 0.500. The van der Waals surface area contributed by atoms with Crippen molar-refractivity contribution in [1.29, 1.82) is 0 Å². The molecule has 1 aliphatic carbocycles. The first kappa shape index (κ1) is 17.5. The van der Waals surface area contributed by atoms with Crippen LogP contribution in [0.5, 0.6) is 5.75 Å². The zero-order chi connectivity index (χ0) is 18.1. The van der Waals surface area contributed by atoms with Gasteiger partial charge in [-0.2, -0.15) is 0 Å². The van der Waals surface area contributed by atoms with Crippen molar-refractivity contribution in [3.63, 3.8) is 0 Å². The average molecular weight is 343 g/mol. The number of aromatic hydroxyl groups is 1. The largest absolute Gasteiger partial charge is 0.508 e. The van der Waals surface area contributed by atoms with Gasteiger partial charge in [0.2, 0.25) is 0 Å². The Labute approximate surface area is 148 Å². The van der Waals surface area contributed by atoms with Crippen molar-refractivity contribution >= 4 is 11.7 Å². The number of carbonyl (C=O) groups excluding carboxylic acids is 2. The van der Waals surface area contributed by atoms with Gasteiger partial charge in [0.1, 0.15) is 5.75 Å². The molecule has 0 radical (unpaired) electrons. The number of phenolic OH excluding ortho intramolecular Hbond substituents is 1. The number of ketones is 1. The highest BCUT2D eigenvalue weighted by atomic mass is 16.3. The highest BCUT2D eigenvalue weighted by Crippen LogP contribution is 2.42. The van der Waals surface area contributed by atoms with Gasteiger partial charge in [0.25, 0.3) is 5.91 Å². The normalized spacial score (nSPS) is 22.1. The minimum atomic E-state index is -0.578. The summed E-state index contributed by atoms with van der Waals surface area (Å²) in [7, 11) is 0. The van der Waals surface area contributed by atoms with Gasteiger partial charge in [0.15, 0.2) is 11.5 Å². The molecule has 25 heavy (non-hydrogen) atoms. The van der Waals surface area contributed by atoms with E-state index in [4.69, 9.17) is 0 Å². The number of hydrogen-bond donors (Lipinski definition) is 2. The number of carbonyl (C=O) groups is 2. The zero-order valence-electron chi connectivity index (χ0n) is 14.7. The quantitative estimate of drug-likeness (QED) is 0.875. The van der Waals surface area contributed by atoms with E-state index in [2.05, 4.69) is 0 Å². The lowest BCUT2D eigenvalue weighted by atomic mass is 9.88. The summed E-state index contributed by atoms with van der Waals surface area (Å²) in [5, 5.41) is 20.1. The number of phenols is 1. The molecule has 134 valence electrons. The third kappa shape index (κ3) is 3.15. The van der Waals surface area contributed by atoms with Gasteiger partial charge in [0, 0.05) is 12.0 Å². The van der Waals surface area contributed by atoms with Crippen LogP contribution < -0.4 is 0 Å². The standard InChI is InChI=1S/C20H25NO4/c1-12(2)18(23)16-17(13-8-10-15(22)11-9-13)21(20(25)19(16)24)14-6-4-3-5-7-14/h8-12,14,17,22,24H,3-7H2,1-2H3. The number of aliphatic hydroxyl groups is 1. The van der Waals surface area contributed by atoms with Crippen molar-refractivity contribution in [2.45, 2.75) is 58.0 Å². The van der Waals surface area contributed by atoms with E-state index in [1.165, 1.54) is 0 Å². The van der Waals surface area contributed by atoms with Crippen LogP contribution in [0.1, 0.15) is 57.6 Å². The molecular weight excluding hydrogens is 318 g/mol. The van der Waals surface area contributed by atoms with Crippen molar-refractivity contribution in [2.75, 3.05) is 0 Å². The van der Waals surface area contributed by atoms with Gasteiger partial charge in [0.05, 0.1) is 11.6 Å². The molecule has 5 nitrogen and oxygen atoms in total. The summed E-state index contributed by atoms with van der Waals surface area (Å²) in [5.41, 5.74) is 0.932. The van der Waals surface area contributed by atoms with Crippen LogP contribution in [-0.2, 0) is 9.59 Å². The van der Waals surface area contributed by atoms with Crippen LogP contribution in [0.2, 0.25) is 0 Å². The van der Waals surface area contributed by atoms with Crippen molar-refractivity contribution in [1.82, 2.24) is 4.90 Å². The number of benzene rings is 1. The Morgan fingerprint density at radius 1 is 1.08 bits per heavy atom. The van der Waals surface area contributed by atoms with Gasteiger partial charge in [-0.25, -0.2) is 0 Å². The van der Waals surface area contributed by atoms with Crippen molar-refractivity contribution < 1.29 is 19.8 Å². The lowest BCUT2D eigenvalue weighted by Crippen LogP contribution is -2.41. The maximum Gasteiger partial charge on any atom is 0.290 e. The predicted molar refractivity (Wildman–Crippen MR) is 94.1 cm³/mol. The van der Waals surface area contributed by atoms with Crippen LogP contribution in [-0.4, -0.2) is 32.8 Å². The zero-order valence-corrected chi connectivity index (χ0v) is 14.7. The first-order valence-electron chi connectivity index (χ1n) is 9.00. The Morgan fingerprint density at radius 3 is 2.24 bits per heavy atom. The lowest BCUT2D eigenvalue weighted by molar-refractivity contribution is -0.132. The molecule has 1 amide bonds. The second kappa shape index (κ2) is 6.90. The molecule has 1 fully saturated rings. The number of amides is 1. The van der Waals surface area contributed by atoms with E-state index in [1.54, 1.807) is 43.0 Å². The summed E-state index contributed by atoms with van der Waals surface area (Å²) in [6, 6.07) is 5.98. The first-order valence-corrected chi connectivity index (χ1v) is 9.00. The third-order valence-electron chi connectivity index (χ3n) is 5.21. The van der Waals surface area contributed by atoms with E-state index < -0.39 is 17.7 Å². The van der Waals surface area contributed by atoms with E-state index in [9.17, 15) is 19.8 Å². The van der Waals surface area contributed by atoms with Gasteiger partial charge < -0.3 is 15.1 Å². The summed E-state index contributed by atoms with van der Waals surface area (Å²) in [6.45, 7) is 3.54. The van der Waals surface area contributed by atoms with Crippen LogP contribution in [0.15, 0.2) is 35.6 Å². The predicted octanol–water partition coefficient (Wildman–Crippen LogP) is 3.65. The molecule has 2 N–H and O–H groups in total. The SMILES string of the molecule is CC(C)C(=O)C1=C(O)C(=O)N(C2CCCCC2)C1c1ccc(O)cc1. The van der Waals surface area contributed by atoms with Gasteiger partial charge >= 0.3 is 0 Å². The van der Waals surface area contributed by atoms with Crippen LogP contribution in [0.25, 0.3) is 0 Å². The molecule has 5 heteroatoms. The molecular formula is C20H25NO4. The van der Waals surface area contributed by atoms with E-state index in [0.29, 0.717) is 0 Å². The van der Waals surface area contributed by atoms with Gasteiger partial charge in [-0.05, 0) is 30.5 Å². The van der Waals surface area contributed by atoms with E-state index >= 15 is 0 Å². The second-order valence-electron chi connectivity index (χ2n) is 7.28. The fourth-order valence-electron chi connectivity index (χ4n) is 3.91. The first-order chi connectivity index (χ1) is 11.9. The van der Waals surface area contributed by atoms with E-state index in [-0.39, 0.29) is 29.1 Å². The smallest absolute Gasteiger partial charge is 0.290 e. The molecule has 1 aliphatic heterocycles. The molecule has 1 aromatic rings. The third-order valence-corrected chi connectivity index (χ3v) is 5.21. The minimum Gasteiger partial charge on any atom is -0.508 e. The Bertz CT molecular complexity index is 699. The molecule has 1 atom stereocenters. The highest BCUT2D eigenvalue weighted by molar-refractivity contribution is 6.09. The fourth-order valence-corrected chi connectivity index (χ4v) is 3.91. The molecule has 1 heterocycles. The van der Waals surface area contributed by atoms with Crippen molar-refractivity contribution in [2.24, 2.45) is 5.92 Å². The van der Waals surface area contributed by atoms with Crippen LogP contribution >= 0.6 is 0 Å². The number of aliphatic hydroxyl groups excluding tert-OH is 1. The molecule has 0 spiro atoms. The summed E-state index contributed by atoms with van der Waals surface area (Å²) in [5.74, 6) is -1.25. The Balaban J connectivity index is 2.07. The Morgan fingerprint density at radius 2 is 1.68 bits per heavy atom. The Kier molecular flexibility index (Phi) is 4.84. The topological polar surface area (TPSA) is 77.8 Å². The van der Waals surface area contributed by atoms with Crippen molar-refractivity contribution in [3.8, 4) is 5.75 Å². The molecule has 1 saturated carbocycles. The second-order valence-corrected chi connectivity index (χ2v) is 7.28. The number of rotatable bonds is 4. The molecule has 0 bridgehead atoms. The molecule has 0 saturated heterocycles. The van der Waals surface area contributed by atoms with Crippen LogP contribution in [0.4, 0.5) is 0 Å². The average Bonchev–Trinajstić information content (AvgIpc) is 2.87. The highest BCUT2D eigenvalue weighted by Gasteiger charge is 2.46. The lowest BCUT2D eigenvalue weighted by Gasteiger charge is -2.36. The van der Waals surface area contributed by atoms with E-state index in [0.717, 1.165) is 37.7 Å². The van der Waals surface area contributed by atoms with Crippen LogP contribution in [0, 0.1) is 5.92 Å². The summed E-state index contributed by atoms with van der Waals surface area (Å²) >= 11 is 0. The number of Topliss-reactive ketones (excluding diaryl/α,β-unsaturated/α-hetero) is 1. The van der Waals surface area contributed by atoms with Gasteiger partial charge in [-0.3, -0.25) is 9.59 Å². The minimum absolute atomic E-state index is 0.0275. The molecule has 0 aromatic heterocycles. The van der Waals surface area contributed by atoms with E-state index in [1.807, 2.05) is 0 Å². The molecule has 1 unspecified atom stereocenters. The van der Waals surface area contributed by atoms with Gasteiger partial charge in [-0.1, -0.05) is 45.2 Å². The maximum absolute atomic E-state index is 12.8. The summed E-state index contributed by atoms with van der Waals surface area (Å²) < 4.78 is 0. The summed E-state index contributed by atoms with van der Waals surface area (Å²) in [6.07, 6.45) is 5.02. The van der Waals surface area contributed by atoms with Crippen LogP contribution in [0.3, 0.4) is 0 Å². The summed E-state index contributed by atoms with van der Waals surface area (Å²) in [4.78, 5) is 27.2. The van der Waals surface area contributed by atoms with Crippen molar-refractivity contribution in [3.05, 3.63) is 41.2 Å². The maximum atomic E-state index is 12.8. The number of nitrogens with zero attached hydrogens (tertiary/aromatic N) is 1. The Hall–Kier alpha value is -2.30. The molecule has 1 aromatic carbocycles. The monoisotopic (exact) mass is 343 g/mol. The number of hydrogen-bond acceptors (Lipinski definition) is 4.